The van der Waals surface area contributed by atoms with Crippen LogP contribution in [0.25, 0.3) is 0 Å². The monoisotopic (exact) mass is 277 g/mol. The molecule has 0 aromatic heterocycles. The summed E-state index contributed by atoms with van der Waals surface area (Å²) in [6.07, 6.45) is 2.60. The third-order valence-electron chi connectivity index (χ3n) is 3.89. The molecule has 1 fully saturated rings. The van der Waals surface area contributed by atoms with Gasteiger partial charge in [-0.25, -0.2) is 0 Å². The van der Waals surface area contributed by atoms with Crippen molar-refractivity contribution in [2.24, 2.45) is 0 Å². The van der Waals surface area contributed by atoms with Gasteiger partial charge >= 0.3 is 0 Å². The Bertz CT molecular complexity index is 634. The van der Waals surface area contributed by atoms with Crippen LogP contribution in [0.15, 0.2) is 48.5 Å². The Balaban J connectivity index is 1.61. The third-order valence-corrected chi connectivity index (χ3v) is 3.89. The molecule has 1 N–H and O–H groups in total. The first-order chi connectivity index (χ1) is 10.3. The molecule has 0 unspecified atom stereocenters. The van der Waals surface area contributed by atoms with Crippen molar-refractivity contribution < 1.29 is 0 Å². The second-order valence-corrected chi connectivity index (χ2v) is 5.41. The van der Waals surface area contributed by atoms with E-state index in [2.05, 4.69) is 40.6 Å². The van der Waals surface area contributed by atoms with Crippen LogP contribution in [-0.2, 0) is 6.54 Å². The van der Waals surface area contributed by atoms with Gasteiger partial charge in [0.25, 0.3) is 0 Å². The fourth-order valence-corrected chi connectivity index (χ4v) is 2.72. The van der Waals surface area contributed by atoms with Crippen LogP contribution in [-0.4, -0.2) is 13.1 Å². The summed E-state index contributed by atoms with van der Waals surface area (Å²) < 4.78 is 0. The van der Waals surface area contributed by atoms with Crippen LogP contribution in [0.1, 0.15) is 24.0 Å². The van der Waals surface area contributed by atoms with Gasteiger partial charge in [0.2, 0.25) is 0 Å². The average molecular weight is 277 g/mol. The molecule has 0 atom stereocenters. The van der Waals surface area contributed by atoms with Gasteiger partial charge in [0.05, 0.1) is 11.6 Å². The highest BCUT2D eigenvalue weighted by atomic mass is 15.1. The molecule has 3 rings (SSSR count). The first-order valence-electron chi connectivity index (χ1n) is 7.43. The lowest BCUT2D eigenvalue weighted by molar-refractivity contribution is 0.949. The Morgan fingerprint density at radius 2 is 1.81 bits per heavy atom. The summed E-state index contributed by atoms with van der Waals surface area (Å²) in [6, 6.07) is 18.5. The molecule has 3 nitrogen and oxygen atoms in total. The van der Waals surface area contributed by atoms with Gasteiger partial charge in [-0.05, 0) is 54.8 Å². The molecule has 0 spiro atoms. The van der Waals surface area contributed by atoms with Crippen LogP contribution in [0.2, 0.25) is 0 Å². The number of nitrogens with one attached hydrogen (secondary N) is 1. The normalized spacial score (nSPS) is 14.0. The topological polar surface area (TPSA) is 39.1 Å². The number of rotatable bonds is 4. The van der Waals surface area contributed by atoms with Crippen LogP contribution in [0.5, 0.6) is 0 Å². The predicted molar refractivity (Wildman–Crippen MR) is 86.4 cm³/mol. The Morgan fingerprint density at radius 1 is 1.05 bits per heavy atom. The minimum atomic E-state index is 0.707. The van der Waals surface area contributed by atoms with Gasteiger partial charge in [0, 0.05) is 31.0 Å². The molecule has 0 saturated carbocycles. The number of hydrogen-bond acceptors (Lipinski definition) is 3. The van der Waals surface area contributed by atoms with Crippen molar-refractivity contribution in [3.63, 3.8) is 0 Å². The summed E-state index contributed by atoms with van der Waals surface area (Å²) >= 11 is 0. The van der Waals surface area contributed by atoms with Crippen molar-refractivity contribution in [2.45, 2.75) is 19.4 Å². The number of benzene rings is 2. The predicted octanol–water partition coefficient (Wildman–Crippen LogP) is 3.77. The summed E-state index contributed by atoms with van der Waals surface area (Å²) in [5.74, 6) is 0. The van der Waals surface area contributed by atoms with Gasteiger partial charge in [-0.3, -0.25) is 0 Å². The molecule has 2 aromatic rings. The first-order valence-corrected chi connectivity index (χ1v) is 7.43. The Hall–Kier alpha value is -2.47. The maximum absolute atomic E-state index is 8.91. The molecule has 0 bridgehead atoms. The van der Waals surface area contributed by atoms with E-state index >= 15 is 0 Å². The van der Waals surface area contributed by atoms with E-state index in [0.717, 1.165) is 17.8 Å². The van der Waals surface area contributed by atoms with Crippen LogP contribution in [0.4, 0.5) is 11.4 Å². The van der Waals surface area contributed by atoms with E-state index in [9.17, 15) is 0 Å². The Labute approximate surface area is 125 Å². The van der Waals surface area contributed by atoms with Crippen LogP contribution < -0.4 is 10.2 Å². The Kier molecular flexibility index (Phi) is 4.07. The van der Waals surface area contributed by atoms with Crippen molar-refractivity contribution in [1.29, 1.82) is 5.26 Å². The minimum absolute atomic E-state index is 0.707. The fourth-order valence-electron chi connectivity index (χ4n) is 2.72. The molecule has 1 aliphatic heterocycles. The fraction of sp³-hybridized carbons (Fsp3) is 0.278. The third kappa shape index (κ3) is 3.35. The Morgan fingerprint density at radius 3 is 2.52 bits per heavy atom. The van der Waals surface area contributed by atoms with Gasteiger partial charge in [-0.2, -0.15) is 5.26 Å². The summed E-state index contributed by atoms with van der Waals surface area (Å²) in [6.45, 7) is 3.08. The second-order valence-electron chi connectivity index (χ2n) is 5.41. The highest BCUT2D eigenvalue weighted by Gasteiger charge is 2.11. The summed E-state index contributed by atoms with van der Waals surface area (Å²) in [7, 11) is 0. The van der Waals surface area contributed by atoms with Gasteiger partial charge in [0.15, 0.2) is 0 Å². The standard InChI is InChI=1S/C18H19N3/c19-13-15-4-3-5-16(12-15)14-20-17-6-8-18(9-7-17)21-10-1-2-11-21/h3-9,12,20H,1-2,10-11,14H2. The summed E-state index contributed by atoms with van der Waals surface area (Å²) in [5.41, 5.74) is 4.25. The lowest BCUT2D eigenvalue weighted by Gasteiger charge is -2.18. The van der Waals surface area contributed by atoms with Crippen molar-refractivity contribution in [2.75, 3.05) is 23.3 Å². The highest BCUT2D eigenvalue weighted by molar-refractivity contribution is 5.55. The zero-order valence-electron chi connectivity index (χ0n) is 12.0. The molecule has 1 aliphatic rings. The lowest BCUT2D eigenvalue weighted by atomic mass is 10.1. The van der Waals surface area contributed by atoms with E-state index < -0.39 is 0 Å². The molecule has 3 heteroatoms. The number of hydrogen-bond donors (Lipinski definition) is 1. The number of nitriles is 1. The number of nitrogens with zero attached hydrogens (tertiary/aromatic N) is 2. The molecular weight excluding hydrogens is 258 g/mol. The quantitative estimate of drug-likeness (QED) is 0.924. The molecule has 1 heterocycles. The number of anilines is 2. The van der Waals surface area contributed by atoms with E-state index in [1.807, 2.05) is 24.3 Å². The van der Waals surface area contributed by atoms with E-state index in [1.165, 1.54) is 31.6 Å². The maximum Gasteiger partial charge on any atom is 0.0991 e. The molecular formula is C18H19N3. The van der Waals surface area contributed by atoms with E-state index in [0.29, 0.717) is 5.56 Å². The van der Waals surface area contributed by atoms with Gasteiger partial charge in [0.1, 0.15) is 0 Å². The zero-order chi connectivity index (χ0) is 14.5. The van der Waals surface area contributed by atoms with Crippen LogP contribution in [0.3, 0.4) is 0 Å². The van der Waals surface area contributed by atoms with Crippen molar-refractivity contribution >= 4 is 11.4 Å². The molecule has 0 radical (unpaired) electrons. The minimum Gasteiger partial charge on any atom is -0.381 e. The summed E-state index contributed by atoms with van der Waals surface area (Å²) in [5, 5.41) is 12.3. The van der Waals surface area contributed by atoms with E-state index in [4.69, 9.17) is 5.26 Å². The van der Waals surface area contributed by atoms with Gasteiger partial charge in [-0.15, -0.1) is 0 Å². The zero-order valence-corrected chi connectivity index (χ0v) is 12.0. The van der Waals surface area contributed by atoms with Crippen molar-refractivity contribution in [1.82, 2.24) is 0 Å². The first kappa shape index (κ1) is 13.5. The summed E-state index contributed by atoms with van der Waals surface area (Å²) in [4.78, 5) is 2.43. The largest absolute Gasteiger partial charge is 0.381 e. The van der Waals surface area contributed by atoms with Crippen LogP contribution in [0, 0.1) is 11.3 Å². The lowest BCUT2D eigenvalue weighted by Crippen LogP contribution is -2.17. The van der Waals surface area contributed by atoms with Crippen molar-refractivity contribution in [3.8, 4) is 6.07 Å². The van der Waals surface area contributed by atoms with E-state index in [-0.39, 0.29) is 0 Å². The molecule has 1 saturated heterocycles. The smallest absolute Gasteiger partial charge is 0.0991 e. The maximum atomic E-state index is 8.91. The molecule has 21 heavy (non-hydrogen) atoms. The van der Waals surface area contributed by atoms with Gasteiger partial charge < -0.3 is 10.2 Å². The highest BCUT2D eigenvalue weighted by Crippen LogP contribution is 2.22. The van der Waals surface area contributed by atoms with E-state index in [1.54, 1.807) is 0 Å². The average Bonchev–Trinajstić information content (AvgIpc) is 3.08. The molecule has 106 valence electrons. The van der Waals surface area contributed by atoms with Crippen molar-refractivity contribution in [3.05, 3.63) is 59.7 Å². The molecule has 0 aliphatic carbocycles. The van der Waals surface area contributed by atoms with Gasteiger partial charge in [-0.1, -0.05) is 12.1 Å². The molecule has 0 amide bonds. The molecule has 2 aromatic carbocycles. The SMILES string of the molecule is N#Cc1cccc(CNc2ccc(N3CCCC3)cc2)c1. The second kappa shape index (κ2) is 6.32. The van der Waals surface area contributed by atoms with Crippen LogP contribution >= 0.6 is 0 Å².